The third-order valence-electron chi connectivity index (χ3n) is 5.92. The van der Waals surface area contributed by atoms with Gasteiger partial charge in [-0.3, -0.25) is 4.98 Å². The number of nitrogens with zero attached hydrogens (tertiary/aromatic N) is 1. The number of fused-ring (bicyclic) bond motifs is 3. The van der Waals surface area contributed by atoms with Gasteiger partial charge in [-0.15, -0.1) is 0 Å². The Morgan fingerprint density at radius 3 is 1.84 bits per heavy atom. The molecule has 0 bridgehead atoms. The highest BCUT2D eigenvalue weighted by atomic mass is 14.6. The van der Waals surface area contributed by atoms with Crippen molar-refractivity contribution in [2.45, 2.75) is 0 Å². The van der Waals surface area contributed by atoms with Crippen LogP contribution in [0.5, 0.6) is 0 Å². The summed E-state index contributed by atoms with van der Waals surface area (Å²) < 4.78 is 0. The molecule has 0 fully saturated rings. The SMILES string of the molecule is C(#Cc1c2ccccc2c(-c2ccccc2)c2ccccc12)c1cnc2ccccc2c1. The summed E-state index contributed by atoms with van der Waals surface area (Å²) in [5, 5.41) is 5.89. The molecule has 5 aromatic carbocycles. The van der Waals surface area contributed by atoms with E-state index in [2.05, 4.69) is 108 Å². The zero-order chi connectivity index (χ0) is 21.3. The zero-order valence-electron chi connectivity index (χ0n) is 17.4. The Balaban J connectivity index is 1.64. The van der Waals surface area contributed by atoms with Gasteiger partial charge in [-0.2, -0.15) is 0 Å². The van der Waals surface area contributed by atoms with Gasteiger partial charge in [-0.1, -0.05) is 109 Å². The van der Waals surface area contributed by atoms with Gasteiger partial charge >= 0.3 is 0 Å². The van der Waals surface area contributed by atoms with Crippen molar-refractivity contribution in [3.63, 3.8) is 0 Å². The molecule has 0 spiro atoms. The van der Waals surface area contributed by atoms with Gasteiger partial charge < -0.3 is 0 Å². The lowest BCUT2D eigenvalue weighted by Gasteiger charge is -2.14. The number of benzene rings is 5. The minimum absolute atomic E-state index is 0.920. The maximum Gasteiger partial charge on any atom is 0.0702 e. The Hall–Kier alpha value is -4.41. The molecule has 1 nitrogen and oxygen atoms in total. The van der Waals surface area contributed by atoms with Gasteiger partial charge in [0.1, 0.15) is 0 Å². The smallest absolute Gasteiger partial charge is 0.0702 e. The normalized spacial score (nSPS) is 10.9. The largest absolute Gasteiger partial charge is 0.255 e. The van der Waals surface area contributed by atoms with E-state index >= 15 is 0 Å². The molecule has 0 saturated carbocycles. The highest BCUT2D eigenvalue weighted by Crippen LogP contribution is 2.38. The van der Waals surface area contributed by atoms with Crippen LogP contribution in [0.15, 0.2) is 115 Å². The van der Waals surface area contributed by atoms with Crippen molar-refractivity contribution in [1.29, 1.82) is 0 Å². The molecule has 0 amide bonds. The Labute approximate surface area is 187 Å². The molecule has 1 aromatic heterocycles. The van der Waals surface area contributed by atoms with E-state index in [1.807, 2.05) is 24.4 Å². The third-order valence-corrected chi connectivity index (χ3v) is 5.92. The van der Waals surface area contributed by atoms with E-state index in [9.17, 15) is 0 Å². The van der Waals surface area contributed by atoms with Crippen LogP contribution >= 0.6 is 0 Å². The number of para-hydroxylation sites is 1. The summed E-state index contributed by atoms with van der Waals surface area (Å²) in [6, 6.07) is 38.0. The second kappa shape index (κ2) is 7.69. The Bertz CT molecular complexity index is 1610. The first kappa shape index (κ1) is 18.4. The summed E-state index contributed by atoms with van der Waals surface area (Å²) in [6.07, 6.45) is 1.86. The van der Waals surface area contributed by atoms with Gasteiger partial charge in [0, 0.05) is 22.7 Å². The lowest BCUT2D eigenvalue weighted by Crippen LogP contribution is -1.90. The van der Waals surface area contributed by atoms with Crippen LogP contribution in [0.1, 0.15) is 11.1 Å². The number of aromatic nitrogens is 1. The summed E-state index contributed by atoms with van der Waals surface area (Å²) in [4.78, 5) is 4.57. The first-order chi connectivity index (χ1) is 15.9. The topological polar surface area (TPSA) is 12.9 Å². The predicted molar refractivity (Wildman–Crippen MR) is 135 cm³/mol. The molecule has 0 aliphatic carbocycles. The lowest BCUT2D eigenvalue weighted by atomic mass is 9.88. The zero-order valence-corrected chi connectivity index (χ0v) is 17.4. The van der Waals surface area contributed by atoms with Crippen molar-refractivity contribution < 1.29 is 0 Å². The Morgan fingerprint density at radius 1 is 0.531 bits per heavy atom. The predicted octanol–water partition coefficient (Wildman–Crippen LogP) is 7.61. The van der Waals surface area contributed by atoms with Crippen molar-refractivity contribution in [2.75, 3.05) is 0 Å². The molecular weight excluding hydrogens is 386 g/mol. The second-order valence-corrected chi connectivity index (χ2v) is 7.87. The summed E-state index contributed by atoms with van der Waals surface area (Å²) in [5.41, 5.74) is 5.45. The van der Waals surface area contributed by atoms with Crippen molar-refractivity contribution in [1.82, 2.24) is 4.98 Å². The van der Waals surface area contributed by atoms with Gasteiger partial charge in [0.2, 0.25) is 0 Å². The Morgan fingerprint density at radius 2 is 1.12 bits per heavy atom. The minimum Gasteiger partial charge on any atom is -0.255 e. The number of hydrogen-bond acceptors (Lipinski definition) is 1. The first-order valence-electron chi connectivity index (χ1n) is 10.7. The van der Waals surface area contributed by atoms with Crippen molar-refractivity contribution in [3.8, 4) is 23.0 Å². The molecule has 6 aromatic rings. The average molecular weight is 406 g/mol. The van der Waals surface area contributed by atoms with Gasteiger partial charge in [0.25, 0.3) is 0 Å². The molecule has 0 radical (unpaired) electrons. The molecule has 0 N–H and O–H groups in total. The van der Waals surface area contributed by atoms with E-state index in [1.54, 1.807) is 0 Å². The number of hydrogen-bond donors (Lipinski definition) is 0. The number of pyridine rings is 1. The fourth-order valence-electron chi connectivity index (χ4n) is 4.45. The highest BCUT2D eigenvalue weighted by molar-refractivity contribution is 6.16. The summed E-state index contributed by atoms with van der Waals surface area (Å²) >= 11 is 0. The standard InChI is InChI=1S/C31H19N/c1-2-10-23(11-3-1)31-28-15-7-5-13-25(28)27(26-14-6-8-16-29(26)31)19-18-22-20-24-12-4-9-17-30(24)32-21-22/h1-17,20-21H. The molecule has 0 unspecified atom stereocenters. The van der Waals surface area contributed by atoms with Gasteiger partial charge in [-0.25, -0.2) is 0 Å². The molecule has 0 aliphatic rings. The maximum atomic E-state index is 4.57. The lowest BCUT2D eigenvalue weighted by molar-refractivity contribution is 1.39. The molecule has 148 valence electrons. The van der Waals surface area contributed by atoms with Crippen LogP contribution in [-0.4, -0.2) is 4.98 Å². The van der Waals surface area contributed by atoms with Crippen LogP contribution in [0.4, 0.5) is 0 Å². The van der Waals surface area contributed by atoms with E-state index in [0.717, 1.165) is 22.0 Å². The Kier molecular flexibility index (Phi) is 4.41. The van der Waals surface area contributed by atoms with Crippen LogP contribution in [-0.2, 0) is 0 Å². The number of rotatable bonds is 1. The van der Waals surface area contributed by atoms with E-state index in [0.29, 0.717) is 0 Å². The van der Waals surface area contributed by atoms with Crippen molar-refractivity contribution in [3.05, 3.63) is 127 Å². The van der Waals surface area contributed by atoms with Crippen LogP contribution in [0, 0.1) is 11.8 Å². The van der Waals surface area contributed by atoms with E-state index in [4.69, 9.17) is 0 Å². The van der Waals surface area contributed by atoms with Crippen LogP contribution in [0.2, 0.25) is 0 Å². The van der Waals surface area contributed by atoms with E-state index in [-0.39, 0.29) is 0 Å². The molecule has 6 rings (SSSR count). The summed E-state index contributed by atoms with van der Waals surface area (Å²) in [7, 11) is 0. The van der Waals surface area contributed by atoms with E-state index < -0.39 is 0 Å². The molecule has 32 heavy (non-hydrogen) atoms. The third kappa shape index (κ3) is 3.11. The molecule has 0 atom stereocenters. The molecule has 1 heterocycles. The fourth-order valence-corrected chi connectivity index (χ4v) is 4.45. The van der Waals surface area contributed by atoms with Crippen molar-refractivity contribution in [2.24, 2.45) is 0 Å². The maximum absolute atomic E-state index is 4.57. The average Bonchev–Trinajstić information content (AvgIpc) is 2.87. The summed E-state index contributed by atoms with van der Waals surface area (Å²) in [5.74, 6) is 6.88. The van der Waals surface area contributed by atoms with Crippen LogP contribution in [0.3, 0.4) is 0 Å². The molecule has 1 heteroatoms. The van der Waals surface area contributed by atoms with Crippen LogP contribution < -0.4 is 0 Å². The second-order valence-electron chi connectivity index (χ2n) is 7.87. The quantitative estimate of drug-likeness (QED) is 0.203. The summed E-state index contributed by atoms with van der Waals surface area (Å²) in [6.45, 7) is 0. The van der Waals surface area contributed by atoms with Gasteiger partial charge in [0.05, 0.1) is 5.52 Å². The highest BCUT2D eigenvalue weighted by Gasteiger charge is 2.13. The molecule has 0 saturated heterocycles. The van der Waals surface area contributed by atoms with Gasteiger partial charge in [0.15, 0.2) is 0 Å². The first-order valence-corrected chi connectivity index (χ1v) is 10.7. The van der Waals surface area contributed by atoms with Crippen molar-refractivity contribution >= 4 is 32.4 Å². The van der Waals surface area contributed by atoms with Crippen LogP contribution in [0.25, 0.3) is 43.6 Å². The van der Waals surface area contributed by atoms with E-state index in [1.165, 1.54) is 32.7 Å². The monoisotopic (exact) mass is 405 g/mol. The molecule has 0 aliphatic heterocycles. The minimum atomic E-state index is 0.920. The van der Waals surface area contributed by atoms with Gasteiger partial charge in [-0.05, 0) is 44.8 Å². The molecular formula is C31H19N. The fraction of sp³-hybridized carbons (Fsp3) is 0.